The van der Waals surface area contributed by atoms with Gasteiger partial charge in [-0.15, -0.1) is 0 Å². The number of nitrogens with zero attached hydrogens (tertiary/aromatic N) is 1. The highest BCUT2D eigenvalue weighted by molar-refractivity contribution is 6.07. The molecule has 2 heterocycles. The van der Waals surface area contributed by atoms with Crippen molar-refractivity contribution in [3.63, 3.8) is 0 Å². The van der Waals surface area contributed by atoms with Gasteiger partial charge in [0.2, 0.25) is 5.91 Å². The third-order valence-corrected chi connectivity index (χ3v) is 6.01. The van der Waals surface area contributed by atoms with E-state index in [1.54, 1.807) is 4.90 Å². The van der Waals surface area contributed by atoms with Crippen LogP contribution in [0.1, 0.15) is 44.9 Å². The maximum Gasteiger partial charge on any atom is 0.322 e. The Morgan fingerprint density at radius 1 is 1.18 bits per heavy atom. The van der Waals surface area contributed by atoms with Crippen molar-refractivity contribution >= 4 is 17.8 Å². The molecule has 0 radical (unpaired) electrons. The molecule has 0 aromatic rings. The molecular formula is C16H23N3O3. The van der Waals surface area contributed by atoms with Crippen LogP contribution in [0.2, 0.25) is 0 Å². The first-order valence-corrected chi connectivity index (χ1v) is 8.51. The number of imide groups is 1. The minimum Gasteiger partial charge on any atom is -0.339 e. The Hall–Kier alpha value is -1.59. The lowest BCUT2D eigenvalue weighted by atomic mass is 9.85. The third kappa shape index (κ3) is 2.20. The molecule has 6 nitrogen and oxygen atoms in total. The van der Waals surface area contributed by atoms with Crippen LogP contribution in [-0.2, 0) is 9.59 Å². The van der Waals surface area contributed by atoms with E-state index in [0.717, 1.165) is 12.3 Å². The largest absolute Gasteiger partial charge is 0.339 e. The summed E-state index contributed by atoms with van der Waals surface area (Å²) in [6, 6.07) is -0.439. The minimum absolute atomic E-state index is 0.165. The van der Waals surface area contributed by atoms with Crippen molar-refractivity contribution in [2.75, 3.05) is 13.1 Å². The van der Waals surface area contributed by atoms with Gasteiger partial charge >= 0.3 is 6.03 Å². The molecule has 6 heteroatoms. The van der Waals surface area contributed by atoms with Gasteiger partial charge < -0.3 is 10.2 Å². The van der Waals surface area contributed by atoms with E-state index in [-0.39, 0.29) is 17.7 Å². The van der Waals surface area contributed by atoms with Gasteiger partial charge in [-0.1, -0.05) is 32.1 Å². The smallest absolute Gasteiger partial charge is 0.322 e. The van der Waals surface area contributed by atoms with Crippen LogP contribution in [0.5, 0.6) is 0 Å². The van der Waals surface area contributed by atoms with Gasteiger partial charge in [-0.2, -0.15) is 0 Å². The molecular weight excluding hydrogens is 282 g/mol. The number of hydrogen-bond donors (Lipinski definition) is 2. The van der Waals surface area contributed by atoms with Crippen molar-refractivity contribution < 1.29 is 14.4 Å². The predicted octanol–water partition coefficient (Wildman–Crippen LogP) is 1.01. The summed E-state index contributed by atoms with van der Waals surface area (Å²) in [7, 11) is 0. The van der Waals surface area contributed by atoms with Gasteiger partial charge in [0.15, 0.2) is 0 Å². The number of rotatable bonds is 2. The van der Waals surface area contributed by atoms with Gasteiger partial charge in [-0.25, -0.2) is 4.79 Å². The first-order valence-electron chi connectivity index (χ1n) is 8.51. The summed E-state index contributed by atoms with van der Waals surface area (Å²) in [6.45, 7) is 0.901. The highest BCUT2D eigenvalue weighted by atomic mass is 16.2. The molecule has 2 saturated heterocycles. The van der Waals surface area contributed by atoms with E-state index in [2.05, 4.69) is 10.6 Å². The van der Waals surface area contributed by atoms with Crippen LogP contribution in [0.25, 0.3) is 0 Å². The monoisotopic (exact) mass is 305 g/mol. The molecule has 2 saturated carbocycles. The number of likely N-dealkylation sites (tertiary alicyclic amines) is 1. The summed E-state index contributed by atoms with van der Waals surface area (Å²) in [5, 5.41) is 4.99. The van der Waals surface area contributed by atoms with Crippen LogP contribution in [0.4, 0.5) is 4.79 Å². The summed E-state index contributed by atoms with van der Waals surface area (Å²) in [5.41, 5.74) is -0.873. The zero-order chi connectivity index (χ0) is 15.3. The Morgan fingerprint density at radius 2 is 1.95 bits per heavy atom. The molecule has 0 aromatic carbocycles. The lowest BCUT2D eigenvalue weighted by molar-refractivity contribution is -0.132. The highest BCUT2D eigenvalue weighted by Gasteiger charge is 2.55. The molecule has 4 amide bonds. The Morgan fingerprint density at radius 3 is 2.64 bits per heavy atom. The molecule has 2 aliphatic heterocycles. The molecule has 4 aliphatic rings. The van der Waals surface area contributed by atoms with Crippen LogP contribution in [0, 0.1) is 17.8 Å². The summed E-state index contributed by atoms with van der Waals surface area (Å²) in [4.78, 5) is 37.8. The van der Waals surface area contributed by atoms with Crippen molar-refractivity contribution in [1.29, 1.82) is 0 Å². The maximum absolute atomic E-state index is 12.7. The summed E-state index contributed by atoms with van der Waals surface area (Å²) >= 11 is 0. The average molecular weight is 305 g/mol. The normalized spacial score (nSPS) is 38.3. The van der Waals surface area contributed by atoms with Gasteiger partial charge in [0.05, 0.1) is 6.54 Å². The van der Waals surface area contributed by atoms with Crippen LogP contribution in [-0.4, -0.2) is 41.4 Å². The van der Waals surface area contributed by atoms with Crippen molar-refractivity contribution in [3.8, 4) is 0 Å². The molecule has 2 N–H and O–H groups in total. The van der Waals surface area contributed by atoms with Gasteiger partial charge in [0.1, 0.15) is 5.54 Å². The maximum atomic E-state index is 12.7. The number of urea groups is 1. The quantitative estimate of drug-likeness (QED) is 0.748. The van der Waals surface area contributed by atoms with E-state index >= 15 is 0 Å². The van der Waals surface area contributed by atoms with Crippen LogP contribution in [0.15, 0.2) is 0 Å². The van der Waals surface area contributed by atoms with Crippen LogP contribution >= 0.6 is 0 Å². The Bertz CT molecular complexity index is 529. The minimum atomic E-state index is -0.873. The second-order valence-corrected chi connectivity index (χ2v) is 7.40. The molecule has 120 valence electrons. The third-order valence-electron chi connectivity index (χ3n) is 6.01. The highest BCUT2D eigenvalue weighted by Crippen LogP contribution is 2.50. The lowest BCUT2D eigenvalue weighted by Crippen LogP contribution is -2.49. The van der Waals surface area contributed by atoms with Crippen LogP contribution < -0.4 is 10.6 Å². The van der Waals surface area contributed by atoms with Gasteiger partial charge in [0.25, 0.3) is 5.91 Å². The van der Waals surface area contributed by atoms with Crippen molar-refractivity contribution in [3.05, 3.63) is 0 Å². The zero-order valence-electron chi connectivity index (χ0n) is 12.8. The standard InChI is InChI=1S/C16H23N3O3/c20-13(12-8-11(12)10-4-2-1-3-5-10)19-7-6-16(9-19)14(21)17-15(22)18-16/h10-12H,1-9H2,(H2,17,18,21,22)/t11-,12-,16+/m0/s1. The van der Waals surface area contributed by atoms with Crippen molar-refractivity contribution in [1.82, 2.24) is 15.5 Å². The molecule has 22 heavy (non-hydrogen) atoms. The zero-order valence-corrected chi connectivity index (χ0v) is 12.8. The molecule has 3 atom stereocenters. The number of carbonyl (C=O) groups is 3. The van der Waals surface area contributed by atoms with E-state index in [4.69, 9.17) is 0 Å². The Kier molecular flexibility index (Phi) is 3.16. The second-order valence-electron chi connectivity index (χ2n) is 7.40. The number of hydrogen-bond acceptors (Lipinski definition) is 3. The molecule has 2 aliphatic carbocycles. The first-order chi connectivity index (χ1) is 10.6. The Labute approximate surface area is 130 Å². The van der Waals surface area contributed by atoms with E-state index < -0.39 is 11.6 Å². The molecule has 4 fully saturated rings. The fourth-order valence-corrected chi connectivity index (χ4v) is 4.63. The molecule has 0 aromatic heterocycles. The number of amides is 4. The number of carbonyl (C=O) groups excluding carboxylic acids is 3. The summed E-state index contributed by atoms with van der Waals surface area (Å²) in [6.07, 6.45) is 8.05. The van der Waals surface area contributed by atoms with Gasteiger partial charge in [-0.05, 0) is 24.7 Å². The summed E-state index contributed by atoms with van der Waals surface area (Å²) < 4.78 is 0. The first kappa shape index (κ1) is 14.0. The predicted molar refractivity (Wildman–Crippen MR) is 78.8 cm³/mol. The fraction of sp³-hybridized carbons (Fsp3) is 0.812. The van der Waals surface area contributed by atoms with Crippen LogP contribution in [0.3, 0.4) is 0 Å². The molecule has 0 bridgehead atoms. The fourth-order valence-electron chi connectivity index (χ4n) is 4.63. The Balaban J connectivity index is 1.37. The molecule has 1 spiro atoms. The SMILES string of the molecule is O=C1NC(=O)[C@]2(CCN(C(=O)[C@H]3C[C@H]3C3CCCCC3)C2)N1. The van der Waals surface area contributed by atoms with Crippen molar-refractivity contribution in [2.24, 2.45) is 17.8 Å². The second kappa shape index (κ2) is 4.96. The van der Waals surface area contributed by atoms with E-state index in [1.165, 1.54) is 32.1 Å². The average Bonchev–Trinajstić information content (AvgIpc) is 3.13. The van der Waals surface area contributed by atoms with Gasteiger partial charge in [0, 0.05) is 12.5 Å². The lowest BCUT2D eigenvalue weighted by Gasteiger charge is -2.23. The van der Waals surface area contributed by atoms with E-state index in [0.29, 0.717) is 25.4 Å². The summed E-state index contributed by atoms with van der Waals surface area (Å²) in [5.74, 6) is 1.37. The molecule has 0 unspecified atom stereocenters. The van der Waals surface area contributed by atoms with Crippen molar-refractivity contribution in [2.45, 2.75) is 50.5 Å². The molecule has 4 rings (SSSR count). The number of nitrogens with one attached hydrogen (secondary N) is 2. The van der Waals surface area contributed by atoms with E-state index in [9.17, 15) is 14.4 Å². The van der Waals surface area contributed by atoms with E-state index in [1.807, 2.05) is 0 Å². The van der Waals surface area contributed by atoms with Gasteiger partial charge in [-0.3, -0.25) is 14.9 Å². The topological polar surface area (TPSA) is 78.5 Å².